The molecule has 2 aromatic rings. The molecule has 0 aliphatic rings. The van der Waals surface area contributed by atoms with Crippen molar-refractivity contribution in [2.24, 2.45) is 0 Å². The average Bonchev–Trinajstić information content (AvgIpc) is 2.71. The Morgan fingerprint density at radius 2 is 2.25 bits per heavy atom. The molecule has 0 unspecified atom stereocenters. The van der Waals surface area contributed by atoms with E-state index >= 15 is 0 Å². The van der Waals surface area contributed by atoms with Gasteiger partial charge in [0.05, 0.1) is 22.6 Å². The molecule has 84 valence electrons. The molecular formula is C10H8BrClFN3. The van der Waals surface area contributed by atoms with E-state index in [0.29, 0.717) is 5.69 Å². The number of benzene rings is 1. The van der Waals surface area contributed by atoms with Crippen LogP contribution in [-0.4, -0.2) is 20.3 Å². The lowest BCUT2D eigenvalue weighted by Crippen LogP contribution is -1.95. The van der Waals surface area contributed by atoms with E-state index in [4.69, 9.17) is 11.6 Å². The second kappa shape index (κ2) is 4.93. The van der Waals surface area contributed by atoms with Gasteiger partial charge in [0.25, 0.3) is 0 Å². The summed E-state index contributed by atoms with van der Waals surface area (Å²) in [4.78, 5) is 0. The molecule has 2 rings (SSSR count). The molecule has 0 aliphatic carbocycles. The third-order valence-electron chi connectivity index (χ3n) is 2.06. The molecule has 16 heavy (non-hydrogen) atoms. The molecule has 0 aliphatic heterocycles. The third-order valence-corrected chi connectivity index (χ3v) is 2.75. The summed E-state index contributed by atoms with van der Waals surface area (Å²) >= 11 is 9.01. The quantitative estimate of drug-likeness (QED) is 0.816. The maximum atomic E-state index is 13.0. The van der Waals surface area contributed by atoms with Crippen LogP contribution in [-0.2, 0) is 6.42 Å². The summed E-state index contributed by atoms with van der Waals surface area (Å²) in [5, 5.41) is 8.83. The molecule has 0 saturated carbocycles. The van der Waals surface area contributed by atoms with E-state index in [0.717, 1.165) is 17.4 Å². The summed E-state index contributed by atoms with van der Waals surface area (Å²) in [6, 6.07) is 4.43. The van der Waals surface area contributed by atoms with Crippen LogP contribution in [0.4, 0.5) is 4.39 Å². The largest absolute Gasteiger partial charge is 0.220 e. The Hall–Kier alpha value is -0.940. The number of halogens is 3. The monoisotopic (exact) mass is 303 g/mol. The Morgan fingerprint density at radius 1 is 1.44 bits per heavy atom. The van der Waals surface area contributed by atoms with Crippen LogP contribution in [0, 0.1) is 5.82 Å². The summed E-state index contributed by atoms with van der Waals surface area (Å²) in [5.74, 6) is -0.439. The van der Waals surface area contributed by atoms with Crippen LogP contribution in [0.15, 0.2) is 24.4 Å². The van der Waals surface area contributed by atoms with Crippen molar-refractivity contribution in [3.8, 4) is 5.69 Å². The molecule has 6 heteroatoms. The summed E-state index contributed by atoms with van der Waals surface area (Å²) in [6.45, 7) is 0. The van der Waals surface area contributed by atoms with Gasteiger partial charge in [-0.2, -0.15) is 0 Å². The van der Waals surface area contributed by atoms with Crippen LogP contribution in [0.1, 0.15) is 5.69 Å². The Morgan fingerprint density at radius 3 is 2.94 bits per heavy atom. The van der Waals surface area contributed by atoms with E-state index in [1.807, 2.05) is 0 Å². The molecule has 0 fully saturated rings. The van der Waals surface area contributed by atoms with E-state index < -0.39 is 5.82 Å². The first-order valence-electron chi connectivity index (χ1n) is 4.63. The highest BCUT2D eigenvalue weighted by Crippen LogP contribution is 2.18. The average molecular weight is 305 g/mol. The van der Waals surface area contributed by atoms with Crippen molar-refractivity contribution in [1.82, 2.24) is 15.0 Å². The predicted octanol–water partition coefficient (Wildman–Crippen LogP) is 3.00. The molecule has 0 radical (unpaired) electrons. The Labute approximate surface area is 105 Å². The maximum absolute atomic E-state index is 13.0. The van der Waals surface area contributed by atoms with E-state index in [1.165, 1.54) is 12.1 Å². The second-order valence-electron chi connectivity index (χ2n) is 3.19. The number of aromatic nitrogens is 3. The standard InChI is InChI=1S/C10H8BrClFN3/c11-4-3-7-6-16(15-14-7)8-1-2-10(13)9(12)5-8/h1-2,5-6H,3-4H2. The minimum absolute atomic E-state index is 0.0787. The van der Waals surface area contributed by atoms with Crippen LogP contribution < -0.4 is 0 Å². The number of alkyl halides is 1. The third kappa shape index (κ3) is 2.41. The van der Waals surface area contributed by atoms with Crippen molar-refractivity contribution in [3.05, 3.63) is 40.9 Å². The fourth-order valence-electron chi connectivity index (χ4n) is 1.26. The molecule has 1 heterocycles. The molecule has 0 atom stereocenters. The summed E-state index contributed by atoms with van der Waals surface area (Å²) in [7, 11) is 0. The highest BCUT2D eigenvalue weighted by molar-refractivity contribution is 9.09. The van der Waals surface area contributed by atoms with Crippen LogP contribution in [0.3, 0.4) is 0 Å². The van der Waals surface area contributed by atoms with Gasteiger partial charge < -0.3 is 0 Å². The van der Waals surface area contributed by atoms with Crippen molar-refractivity contribution in [1.29, 1.82) is 0 Å². The van der Waals surface area contributed by atoms with Crippen molar-refractivity contribution in [2.75, 3.05) is 5.33 Å². The molecule has 0 spiro atoms. The maximum Gasteiger partial charge on any atom is 0.141 e. The Bertz CT molecular complexity index is 501. The summed E-state index contributed by atoms with van der Waals surface area (Å²) in [5.41, 5.74) is 1.57. The highest BCUT2D eigenvalue weighted by Gasteiger charge is 2.05. The number of hydrogen-bond acceptors (Lipinski definition) is 2. The molecular weight excluding hydrogens is 296 g/mol. The minimum Gasteiger partial charge on any atom is -0.220 e. The van der Waals surface area contributed by atoms with Crippen molar-refractivity contribution < 1.29 is 4.39 Å². The van der Waals surface area contributed by atoms with Gasteiger partial charge in [0.15, 0.2) is 0 Å². The second-order valence-corrected chi connectivity index (χ2v) is 4.39. The van der Waals surface area contributed by atoms with Crippen LogP contribution in [0.5, 0.6) is 0 Å². The molecule has 0 N–H and O–H groups in total. The van der Waals surface area contributed by atoms with E-state index in [9.17, 15) is 4.39 Å². The van der Waals surface area contributed by atoms with Gasteiger partial charge in [-0.3, -0.25) is 0 Å². The first kappa shape index (κ1) is 11.5. The Kier molecular flexibility index (Phi) is 3.56. The van der Waals surface area contributed by atoms with Crippen LogP contribution in [0.2, 0.25) is 5.02 Å². The van der Waals surface area contributed by atoms with E-state index in [2.05, 4.69) is 26.2 Å². The van der Waals surface area contributed by atoms with Crippen molar-refractivity contribution >= 4 is 27.5 Å². The molecule has 0 saturated heterocycles. The zero-order valence-electron chi connectivity index (χ0n) is 8.20. The normalized spacial score (nSPS) is 10.7. The highest BCUT2D eigenvalue weighted by atomic mass is 79.9. The van der Waals surface area contributed by atoms with Crippen molar-refractivity contribution in [2.45, 2.75) is 6.42 Å². The van der Waals surface area contributed by atoms with Crippen LogP contribution >= 0.6 is 27.5 Å². The molecule has 1 aromatic heterocycles. The zero-order valence-corrected chi connectivity index (χ0v) is 10.5. The molecule has 0 bridgehead atoms. The molecule has 0 amide bonds. The summed E-state index contributed by atoms with van der Waals surface area (Å²) < 4.78 is 14.5. The van der Waals surface area contributed by atoms with Gasteiger partial charge in [-0.1, -0.05) is 32.7 Å². The van der Waals surface area contributed by atoms with E-state index in [-0.39, 0.29) is 5.02 Å². The van der Waals surface area contributed by atoms with Crippen LogP contribution in [0.25, 0.3) is 5.69 Å². The van der Waals surface area contributed by atoms with Gasteiger partial charge in [0.1, 0.15) is 5.82 Å². The number of nitrogens with zero attached hydrogens (tertiary/aromatic N) is 3. The van der Waals surface area contributed by atoms with Gasteiger partial charge in [-0.15, -0.1) is 5.10 Å². The van der Waals surface area contributed by atoms with E-state index in [1.54, 1.807) is 16.9 Å². The SMILES string of the molecule is Fc1ccc(-n2cc(CCBr)nn2)cc1Cl. The minimum atomic E-state index is -0.439. The van der Waals surface area contributed by atoms with Gasteiger partial charge >= 0.3 is 0 Å². The number of aryl methyl sites for hydroxylation is 1. The lowest BCUT2D eigenvalue weighted by molar-refractivity contribution is 0.627. The van der Waals surface area contributed by atoms with Gasteiger partial charge in [0.2, 0.25) is 0 Å². The van der Waals surface area contributed by atoms with Gasteiger partial charge in [-0.25, -0.2) is 9.07 Å². The summed E-state index contributed by atoms with van der Waals surface area (Å²) in [6.07, 6.45) is 2.60. The smallest absolute Gasteiger partial charge is 0.141 e. The zero-order chi connectivity index (χ0) is 11.5. The fraction of sp³-hybridized carbons (Fsp3) is 0.200. The fourth-order valence-corrected chi connectivity index (χ4v) is 1.84. The lowest BCUT2D eigenvalue weighted by atomic mass is 10.3. The number of hydrogen-bond donors (Lipinski definition) is 0. The molecule has 1 aromatic carbocycles. The predicted molar refractivity (Wildman–Crippen MR) is 63.8 cm³/mol. The number of rotatable bonds is 3. The topological polar surface area (TPSA) is 30.7 Å². The van der Waals surface area contributed by atoms with Gasteiger partial charge in [-0.05, 0) is 18.2 Å². The van der Waals surface area contributed by atoms with Gasteiger partial charge in [0, 0.05) is 11.8 Å². The first-order chi connectivity index (χ1) is 7.70. The molecule has 3 nitrogen and oxygen atoms in total. The first-order valence-corrected chi connectivity index (χ1v) is 6.13. The van der Waals surface area contributed by atoms with Crippen molar-refractivity contribution in [3.63, 3.8) is 0 Å². The lowest BCUT2D eigenvalue weighted by Gasteiger charge is -2.00. The Balaban J connectivity index is 2.31.